The molecule has 0 saturated heterocycles. The maximum absolute atomic E-state index is 14.7. The predicted molar refractivity (Wildman–Crippen MR) is 175 cm³/mol. The molecule has 0 N–H and O–H groups in total. The summed E-state index contributed by atoms with van der Waals surface area (Å²) < 4.78 is 42.5. The number of hydrogen-bond donors (Lipinski definition) is 0. The van der Waals surface area contributed by atoms with Crippen molar-refractivity contribution in [3.05, 3.63) is 182 Å². The third kappa shape index (κ3) is 5.78. The molecule has 6 rings (SSSR count). The van der Waals surface area contributed by atoms with Crippen LogP contribution in [0.25, 0.3) is 0 Å². The van der Waals surface area contributed by atoms with Crippen molar-refractivity contribution in [1.29, 1.82) is 0 Å². The van der Waals surface area contributed by atoms with Gasteiger partial charge in [0.2, 0.25) is 0 Å². The second kappa shape index (κ2) is 12.6. The Morgan fingerprint density at radius 3 is 0.605 bits per heavy atom. The molecule has 6 aromatic carbocycles. The number of benzene rings is 6. The van der Waals surface area contributed by atoms with Crippen LogP contribution in [0.2, 0.25) is 0 Å². The number of hydrogen-bond acceptors (Lipinski definition) is 4. The first-order chi connectivity index (χ1) is 21.0. The average molecular weight is 623 g/mol. The summed E-state index contributed by atoms with van der Waals surface area (Å²) in [6.45, 7) is 0. The van der Waals surface area contributed by atoms with Crippen molar-refractivity contribution in [2.45, 2.75) is 29.4 Å². The summed E-state index contributed by atoms with van der Waals surface area (Å²) in [5.41, 5.74) is 0. The summed E-state index contributed by atoms with van der Waals surface area (Å²) in [5, 5.41) is 0. The molecule has 0 radical (unpaired) electrons. The van der Waals surface area contributed by atoms with Crippen LogP contribution < -0.4 is 0 Å². The molecule has 0 atom stereocenters. The maximum atomic E-state index is 14.7. The van der Waals surface area contributed by atoms with Gasteiger partial charge >= 0.3 is 10.4 Å². The van der Waals surface area contributed by atoms with Crippen molar-refractivity contribution >= 4 is 31.0 Å². The lowest BCUT2D eigenvalue weighted by atomic mass is 10.4. The van der Waals surface area contributed by atoms with Crippen LogP contribution in [-0.4, -0.2) is 8.42 Å². The summed E-state index contributed by atoms with van der Waals surface area (Å²) in [4.78, 5) is 4.41. The van der Waals surface area contributed by atoms with Crippen LogP contribution in [0.1, 0.15) is 0 Å². The van der Waals surface area contributed by atoms with Gasteiger partial charge in [0.15, 0.2) is 0 Å². The van der Waals surface area contributed by atoms with Crippen molar-refractivity contribution in [3.63, 3.8) is 0 Å². The Hall–Kier alpha value is -4.11. The highest BCUT2D eigenvalue weighted by Crippen LogP contribution is 2.73. The van der Waals surface area contributed by atoms with E-state index in [-0.39, 0.29) is 0 Å². The van der Waals surface area contributed by atoms with Crippen molar-refractivity contribution in [1.82, 2.24) is 0 Å². The van der Waals surface area contributed by atoms with Gasteiger partial charge in [0, 0.05) is 29.4 Å². The van der Waals surface area contributed by atoms with Gasteiger partial charge in [-0.2, -0.15) is 15.7 Å². The minimum absolute atomic E-state index is 0.735. The van der Waals surface area contributed by atoms with E-state index in [1.807, 2.05) is 182 Å². The second-order valence-electron chi connectivity index (χ2n) is 9.54. The second-order valence-corrected chi connectivity index (χ2v) is 16.5. The van der Waals surface area contributed by atoms with Crippen LogP contribution in [0.3, 0.4) is 0 Å². The van der Waals surface area contributed by atoms with E-state index in [0.29, 0.717) is 0 Å². The molecule has 216 valence electrons. The lowest BCUT2D eigenvalue weighted by Crippen LogP contribution is -2.19. The first-order valence-electron chi connectivity index (χ1n) is 13.7. The van der Waals surface area contributed by atoms with E-state index in [2.05, 4.69) is 0 Å². The first kappa shape index (κ1) is 29.0. The van der Waals surface area contributed by atoms with E-state index in [1.54, 1.807) is 0 Å². The molecule has 0 bridgehead atoms. The molecule has 4 nitrogen and oxygen atoms in total. The molecule has 0 saturated carbocycles. The van der Waals surface area contributed by atoms with Crippen molar-refractivity contribution < 1.29 is 15.7 Å². The van der Waals surface area contributed by atoms with Gasteiger partial charge in [0.05, 0.1) is 0 Å². The average Bonchev–Trinajstić information content (AvgIpc) is 3.08. The predicted octanol–water partition coefficient (Wildman–Crippen LogP) is 10.1. The normalized spacial score (nSPS) is 12.8. The highest BCUT2D eigenvalue weighted by molar-refractivity contribution is 8.36. The maximum Gasteiger partial charge on any atom is 0.420 e. The Balaban J connectivity index is 1.60. The molecule has 0 spiro atoms. The van der Waals surface area contributed by atoms with Gasteiger partial charge in [0.1, 0.15) is 0 Å². The van der Waals surface area contributed by atoms with Gasteiger partial charge in [-0.3, -0.25) is 0 Å². The highest BCUT2D eigenvalue weighted by Gasteiger charge is 2.43. The molecule has 6 aromatic rings. The summed E-state index contributed by atoms with van der Waals surface area (Å²) in [7, 11) is -10.3. The van der Waals surface area contributed by atoms with Crippen LogP contribution in [-0.2, 0) is 17.7 Å². The SMILES string of the molecule is O=S(=O)(OS(c1ccccc1)(c1ccccc1)c1ccccc1)OS(c1ccccc1)(c1ccccc1)c1ccccc1. The Bertz CT molecular complexity index is 1530. The molecule has 0 unspecified atom stereocenters. The largest absolute Gasteiger partial charge is 0.420 e. The molecule has 0 heterocycles. The molecule has 0 aromatic heterocycles. The highest BCUT2D eigenvalue weighted by atomic mass is 32.4. The summed E-state index contributed by atoms with van der Waals surface area (Å²) in [6, 6.07) is 57.2. The fourth-order valence-electron chi connectivity index (χ4n) is 4.99. The van der Waals surface area contributed by atoms with Gasteiger partial charge in [-0.15, -0.1) is 0 Å². The monoisotopic (exact) mass is 622 g/mol. The lowest BCUT2D eigenvalue weighted by Gasteiger charge is -2.42. The fraction of sp³-hybridized carbons (Fsp3) is 0. The third-order valence-corrected chi connectivity index (χ3v) is 15.4. The van der Waals surface area contributed by atoms with Crippen LogP contribution in [0.5, 0.6) is 0 Å². The lowest BCUT2D eigenvalue weighted by molar-refractivity contribution is 0.423. The number of rotatable bonds is 10. The van der Waals surface area contributed by atoms with E-state index < -0.39 is 31.0 Å². The molecule has 0 fully saturated rings. The molecule has 0 aliphatic carbocycles. The van der Waals surface area contributed by atoms with Gasteiger partial charge in [-0.05, 0) is 93.4 Å². The van der Waals surface area contributed by atoms with Gasteiger partial charge in [0.25, 0.3) is 0 Å². The summed E-state index contributed by atoms with van der Waals surface area (Å²) in [6.07, 6.45) is 0. The molecule has 7 heteroatoms. The molecular weight excluding hydrogens is 593 g/mol. The minimum Gasteiger partial charge on any atom is -0.184 e. The molecule has 43 heavy (non-hydrogen) atoms. The van der Waals surface area contributed by atoms with Gasteiger partial charge in [-0.1, -0.05) is 109 Å². The fourth-order valence-corrected chi connectivity index (χ4v) is 14.0. The Morgan fingerprint density at radius 2 is 0.442 bits per heavy atom. The van der Waals surface area contributed by atoms with E-state index in [1.165, 1.54) is 0 Å². The zero-order chi connectivity index (χ0) is 29.6. The Kier molecular flexibility index (Phi) is 8.51. The summed E-state index contributed by atoms with van der Waals surface area (Å²) in [5.74, 6) is 0. The van der Waals surface area contributed by atoms with Gasteiger partial charge < -0.3 is 0 Å². The molecule has 0 aliphatic rings. The summed E-state index contributed by atoms with van der Waals surface area (Å²) >= 11 is 0. The van der Waals surface area contributed by atoms with E-state index in [4.69, 9.17) is 7.26 Å². The molecular formula is C36H30O4S3. The topological polar surface area (TPSA) is 52.6 Å². The quantitative estimate of drug-likeness (QED) is 0.153. The smallest absolute Gasteiger partial charge is 0.184 e. The first-order valence-corrected chi connectivity index (χ1v) is 18.1. The van der Waals surface area contributed by atoms with Gasteiger partial charge in [-0.25, -0.2) is 0 Å². The van der Waals surface area contributed by atoms with E-state index in [0.717, 1.165) is 29.4 Å². The third-order valence-electron chi connectivity index (χ3n) is 6.82. The Morgan fingerprint density at radius 1 is 0.279 bits per heavy atom. The van der Waals surface area contributed by atoms with Crippen LogP contribution in [0.15, 0.2) is 211 Å². The molecule has 0 aliphatic heterocycles. The zero-order valence-electron chi connectivity index (χ0n) is 23.2. The van der Waals surface area contributed by atoms with Crippen molar-refractivity contribution in [2.24, 2.45) is 0 Å². The van der Waals surface area contributed by atoms with Crippen LogP contribution in [0.4, 0.5) is 0 Å². The van der Waals surface area contributed by atoms with E-state index in [9.17, 15) is 8.42 Å². The minimum atomic E-state index is -4.71. The van der Waals surface area contributed by atoms with Crippen LogP contribution >= 0.6 is 20.6 Å². The Labute approximate surface area is 257 Å². The van der Waals surface area contributed by atoms with Crippen molar-refractivity contribution in [3.8, 4) is 0 Å². The standard InChI is InChI=1S/C36H30O4S3/c37-43(38,39-41(31-19-7-1-8-20-31,32-21-9-2-10-22-32)33-23-11-3-12-24-33)40-42(34-25-13-4-14-26-34,35-27-15-5-16-28-35)36-29-17-6-18-30-36/h1-30H. The molecule has 0 amide bonds. The van der Waals surface area contributed by atoms with E-state index >= 15 is 0 Å². The van der Waals surface area contributed by atoms with Crippen molar-refractivity contribution in [2.75, 3.05) is 0 Å². The zero-order valence-corrected chi connectivity index (χ0v) is 25.6. The van der Waals surface area contributed by atoms with Crippen LogP contribution in [0, 0.1) is 0 Å².